The van der Waals surface area contributed by atoms with Crippen molar-refractivity contribution in [2.75, 3.05) is 31.7 Å². The molecule has 1 atom stereocenters. The number of nitrogens with zero attached hydrogens (tertiary/aromatic N) is 1. The number of nitrogens with two attached hydrogens (primary N) is 1. The molecule has 1 aliphatic rings. The summed E-state index contributed by atoms with van der Waals surface area (Å²) < 4.78 is 5.34. The summed E-state index contributed by atoms with van der Waals surface area (Å²) in [5.41, 5.74) is 4.68. The van der Waals surface area contributed by atoms with Crippen LogP contribution in [0.25, 0.3) is 0 Å². The molecule has 1 unspecified atom stereocenters. The number of hydrogen-bond donors (Lipinski definition) is 3. The first-order chi connectivity index (χ1) is 9.15. The summed E-state index contributed by atoms with van der Waals surface area (Å²) in [7, 11) is 0. The Labute approximate surface area is 112 Å². The molecule has 1 aromatic rings. The second kappa shape index (κ2) is 6.01. The highest BCUT2D eigenvalue weighted by atomic mass is 16.5. The first-order valence-electron chi connectivity index (χ1n) is 6.24. The van der Waals surface area contributed by atoms with Gasteiger partial charge in [0.1, 0.15) is 0 Å². The number of aryl methyl sites for hydroxylation is 1. The van der Waals surface area contributed by atoms with Crippen molar-refractivity contribution in [2.45, 2.75) is 13.0 Å². The number of ether oxygens (including phenoxy) is 1. The van der Waals surface area contributed by atoms with Crippen LogP contribution in [0.4, 0.5) is 5.69 Å². The lowest BCUT2D eigenvalue weighted by molar-refractivity contribution is -0.0447. The second-order valence-electron chi connectivity index (χ2n) is 4.62. The Morgan fingerprint density at radius 2 is 2.42 bits per heavy atom. The van der Waals surface area contributed by atoms with Gasteiger partial charge in [0, 0.05) is 13.1 Å². The fourth-order valence-corrected chi connectivity index (χ4v) is 2.15. The van der Waals surface area contributed by atoms with Crippen molar-refractivity contribution in [3.05, 3.63) is 29.3 Å². The maximum Gasteiger partial charge on any atom is 0.256 e. The molecule has 19 heavy (non-hydrogen) atoms. The predicted octanol–water partition coefficient (Wildman–Crippen LogP) is 0.114. The molecule has 6 heteroatoms. The van der Waals surface area contributed by atoms with Crippen LogP contribution in [0, 0.1) is 6.92 Å². The second-order valence-corrected chi connectivity index (χ2v) is 4.62. The van der Waals surface area contributed by atoms with Crippen molar-refractivity contribution < 1.29 is 14.6 Å². The Hall–Kier alpha value is -1.63. The molecule has 0 aliphatic carbocycles. The van der Waals surface area contributed by atoms with Crippen molar-refractivity contribution in [3.8, 4) is 0 Å². The molecular weight excluding hydrogens is 246 g/mol. The van der Waals surface area contributed by atoms with Crippen LogP contribution >= 0.6 is 0 Å². The lowest BCUT2D eigenvalue weighted by Crippen LogP contribution is -2.47. The van der Waals surface area contributed by atoms with Crippen LogP contribution in [-0.2, 0) is 4.74 Å². The number of carbonyl (C=O) groups excluding carboxylic acids is 1. The summed E-state index contributed by atoms with van der Waals surface area (Å²) in [6.07, 6.45) is -0.309. The van der Waals surface area contributed by atoms with Gasteiger partial charge in [0.05, 0.1) is 30.6 Å². The molecule has 1 aromatic carbocycles. The summed E-state index contributed by atoms with van der Waals surface area (Å²) >= 11 is 0. The molecule has 104 valence electrons. The SMILES string of the molecule is Cc1ccc(NN)c(C(=O)N2CCOC(CO)C2)c1. The van der Waals surface area contributed by atoms with E-state index in [9.17, 15) is 4.79 Å². The first-order valence-corrected chi connectivity index (χ1v) is 6.24. The number of morpholine rings is 1. The summed E-state index contributed by atoms with van der Waals surface area (Å²) in [6, 6.07) is 5.48. The van der Waals surface area contributed by atoms with Crippen molar-refractivity contribution in [1.82, 2.24) is 4.90 Å². The van der Waals surface area contributed by atoms with Gasteiger partial charge in [-0.2, -0.15) is 0 Å². The maximum atomic E-state index is 12.5. The third-order valence-corrected chi connectivity index (χ3v) is 3.19. The van der Waals surface area contributed by atoms with Gasteiger partial charge in [0.25, 0.3) is 5.91 Å². The molecule has 4 N–H and O–H groups in total. The minimum atomic E-state index is -0.309. The smallest absolute Gasteiger partial charge is 0.256 e. The predicted molar refractivity (Wildman–Crippen MR) is 71.7 cm³/mol. The monoisotopic (exact) mass is 265 g/mol. The van der Waals surface area contributed by atoms with Gasteiger partial charge in [-0.05, 0) is 19.1 Å². The molecule has 0 spiro atoms. The molecule has 6 nitrogen and oxygen atoms in total. The molecule has 2 rings (SSSR count). The number of benzene rings is 1. The van der Waals surface area contributed by atoms with E-state index in [2.05, 4.69) is 5.43 Å². The summed E-state index contributed by atoms with van der Waals surface area (Å²) in [5.74, 6) is 5.34. The zero-order chi connectivity index (χ0) is 13.8. The van der Waals surface area contributed by atoms with Gasteiger partial charge >= 0.3 is 0 Å². The first kappa shape index (κ1) is 13.8. The molecule has 1 aliphatic heterocycles. The summed E-state index contributed by atoms with van der Waals surface area (Å²) in [4.78, 5) is 14.2. The van der Waals surface area contributed by atoms with Gasteiger partial charge in [-0.25, -0.2) is 0 Å². The van der Waals surface area contributed by atoms with E-state index in [-0.39, 0.29) is 18.6 Å². The average Bonchev–Trinajstić information content (AvgIpc) is 2.46. The Kier molecular flexibility index (Phi) is 4.36. The number of hydrazine groups is 1. The Morgan fingerprint density at radius 3 is 3.11 bits per heavy atom. The van der Waals surface area contributed by atoms with Crippen LogP contribution in [0.2, 0.25) is 0 Å². The van der Waals surface area contributed by atoms with E-state index in [1.807, 2.05) is 13.0 Å². The average molecular weight is 265 g/mol. The quantitative estimate of drug-likeness (QED) is 0.533. The highest BCUT2D eigenvalue weighted by Gasteiger charge is 2.25. The van der Waals surface area contributed by atoms with Crippen molar-refractivity contribution in [2.24, 2.45) is 5.84 Å². The molecule has 1 saturated heterocycles. The van der Waals surface area contributed by atoms with E-state index in [0.29, 0.717) is 30.9 Å². The number of anilines is 1. The molecular formula is C13H19N3O3. The van der Waals surface area contributed by atoms with E-state index in [4.69, 9.17) is 15.7 Å². The van der Waals surface area contributed by atoms with Crippen molar-refractivity contribution >= 4 is 11.6 Å². The number of aliphatic hydroxyl groups excluding tert-OH is 1. The van der Waals surface area contributed by atoms with Crippen molar-refractivity contribution in [3.63, 3.8) is 0 Å². The number of aliphatic hydroxyl groups is 1. The van der Waals surface area contributed by atoms with Crippen LogP contribution in [0.3, 0.4) is 0 Å². The number of nitrogen functional groups attached to an aromatic ring is 1. The van der Waals surface area contributed by atoms with Crippen LogP contribution in [0.1, 0.15) is 15.9 Å². The fourth-order valence-electron chi connectivity index (χ4n) is 2.15. The Bertz CT molecular complexity index is 464. The van der Waals surface area contributed by atoms with E-state index < -0.39 is 0 Å². The maximum absolute atomic E-state index is 12.5. The molecule has 1 amide bonds. The number of hydrogen-bond acceptors (Lipinski definition) is 5. The highest BCUT2D eigenvalue weighted by molar-refractivity contribution is 5.99. The number of amides is 1. The lowest BCUT2D eigenvalue weighted by Gasteiger charge is -2.32. The standard InChI is InChI=1S/C13H19N3O3/c1-9-2-3-12(15-14)11(6-9)13(18)16-4-5-19-10(7-16)8-17/h2-3,6,10,15,17H,4-5,7-8,14H2,1H3. The minimum absolute atomic E-state index is 0.0837. The van der Waals surface area contributed by atoms with Gasteiger partial charge < -0.3 is 20.2 Å². The third kappa shape index (κ3) is 3.04. The van der Waals surface area contributed by atoms with Crippen LogP contribution in [0.15, 0.2) is 18.2 Å². The molecule has 0 radical (unpaired) electrons. The topological polar surface area (TPSA) is 87.8 Å². The van der Waals surface area contributed by atoms with Gasteiger partial charge in [-0.1, -0.05) is 11.6 Å². The third-order valence-electron chi connectivity index (χ3n) is 3.19. The summed E-state index contributed by atoms with van der Waals surface area (Å²) in [6.45, 7) is 3.20. The zero-order valence-electron chi connectivity index (χ0n) is 10.9. The van der Waals surface area contributed by atoms with Crippen LogP contribution < -0.4 is 11.3 Å². The molecule has 0 aromatic heterocycles. The molecule has 0 saturated carbocycles. The van der Waals surface area contributed by atoms with Gasteiger partial charge in [-0.3, -0.25) is 10.6 Å². The lowest BCUT2D eigenvalue weighted by atomic mass is 10.1. The van der Waals surface area contributed by atoms with E-state index >= 15 is 0 Å². The molecule has 0 bridgehead atoms. The van der Waals surface area contributed by atoms with Crippen LogP contribution in [0.5, 0.6) is 0 Å². The van der Waals surface area contributed by atoms with E-state index in [0.717, 1.165) is 5.56 Å². The van der Waals surface area contributed by atoms with Crippen molar-refractivity contribution in [1.29, 1.82) is 0 Å². The zero-order valence-corrected chi connectivity index (χ0v) is 10.9. The van der Waals surface area contributed by atoms with E-state index in [1.54, 1.807) is 17.0 Å². The van der Waals surface area contributed by atoms with Gasteiger partial charge in [0.2, 0.25) is 0 Å². The minimum Gasteiger partial charge on any atom is -0.394 e. The van der Waals surface area contributed by atoms with E-state index in [1.165, 1.54) is 0 Å². The molecule has 1 fully saturated rings. The molecule has 1 heterocycles. The fraction of sp³-hybridized carbons (Fsp3) is 0.462. The number of nitrogens with one attached hydrogen (secondary N) is 1. The van der Waals surface area contributed by atoms with Gasteiger partial charge in [-0.15, -0.1) is 0 Å². The number of carbonyl (C=O) groups is 1. The normalized spacial score (nSPS) is 19.3. The number of rotatable bonds is 3. The summed E-state index contributed by atoms with van der Waals surface area (Å²) in [5, 5.41) is 9.11. The highest BCUT2D eigenvalue weighted by Crippen LogP contribution is 2.19. The van der Waals surface area contributed by atoms with Gasteiger partial charge in [0.15, 0.2) is 0 Å². The van der Waals surface area contributed by atoms with Crippen LogP contribution in [-0.4, -0.2) is 48.3 Å². The largest absolute Gasteiger partial charge is 0.394 e. The Morgan fingerprint density at radius 1 is 1.63 bits per heavy atom. The Balaban J connectivity index is 2.21.